The summed E-state index contributed by atoms with van der Waals surface area (Å²) < 4.78 is 28.1. The number of likely N-dealkylation sites (tertiary alicyclic amines) is 1. The third-order valence-corrected chi connectivity index (χ3v) is 10.2. The first-order chi connectivity index (χ1) is 21.5. The Morgan fingerprint density at radius 2 is 1.64 bits per heavy atom. The van der Waals surface area contributed by atoms with Gasteiger partial charge in [0.1, 0.15) is 6.04 Å². The Balaban J connectivity index is 1.31. The third kappa shape index (κ3) is 8.04. The molecule has 2 aliphatic heterocycles. The minimum absolute atomic E-state index is 0.0799. The third-order valence-electron chi connectivity index (χ3n) is 9.93. The quantitative estimate of drug-likeness (QED) is 0.332. The largest absolute Gasteiger partial charge is 0.353 e. The van der Waals surface area contributed by atoms with Gasteiger partial charge in [0.15, 0.2) is 0 Å². The van der Waals surface area contributed by atoms with Crippen LogP contribution in [-0.2, 0) is 27.2 Å². The van der Waals surface area contributed by atoms with Crippen LogP contribution >= 0.6 is 11.6 Å². The van der Waals surface area contributed by atoms with Crippen LogP contribution < -0.4 is 16.0 Å². The van der Waals surface area contributed by atoms with Gasteiger partial charge in [-0.3, -0.25) is 14.4 Å². The van der Waals surface area contributed by atoms with Crippen LogP contribution in [0.2, 0.25) is 5.02 Å². The van der Waals surface area contributed by atoms with Gasteiger partial charge in [0.25, 0.3) is 0 Å². The van der Waals surface area contributed by atoms with Crippen molar-refractivity contribution in [2.75, 3.05) is 19.6 Å². The number of hydrogen-bond acceptors (Lipinski definition) is 4. The van der Waals surface area contributed by atoms with Crippen LogP contribution in [0.25, 0.3) is 0 Å². The van der Waals surface area contributed by atoms with Gasteiger partial charge in [-0.25, -0.2) is 8.78 Å². The van der Waals surface area contributed by atoms with Crippen molar-refractivity contribution in [3.8, 4) is 0 Å². The molecule has 0 radical (unpaired) electrons. The van der Waals surface area contributed by atoms with Crippen molar-refractivity contribution in [1.82, 2.24) is 20.9 Å². The van der Waals surface area contributed by atoms with Gasteiger partial charge < -0.3 is 20.9 Å². The normalized spacial score (nSPS) is 21.9. The maximum Gasteiger partial charge on any atom is 0.248 e. The van der Waals surface area contributed by atoms with Crippen molar-refractivity contribution in [2.45, 2.75) is 95.7 Å². The molecular formula is C35H45ClF2N4O3. The van der Waals surface area contributed by atoms with Gasteiger partial charge in [0, 0.05) is 55.9 Å². The summed E-state index contributed by atoms with van der Waals surface area (Å²) in [7, 11) is 0. The number of amides is 3. The van der Waals surface area contributed by atoms with Crippen molar-refractivity contribution < 1.29 is 23.2 Å². The van der Waals surface area contributed by atoms with E-state index in [2.05, 4.69) is 22.0 Å². The summed E-state index contributed by atoms with van der Waals surface area (Å²) in [6, 6.07) is 14.3. The zero-order valence-corrected chi connectivity index (χ0v) is 27.0. The van der Waals surface area contributed by atoms with E-state index in [4.69, 9.17) is 11.6 Å². The predicted molar refractivity (Wildman–Crippen MR) is 171 cm³/mol. The maximum absolute atomic E-state index is 14.1. The molecule has 45 heavy (non-hydrogen) atoms. The smallest absolute Gasteiger partial charge is 0.248 e. The zero-order valence-electron chi connectivity index (χ0n) is 26.2. The molecule has 1 unspecified atom stereocenters. The van der Waals surface area contributed by atoms with Crippen LogP contribution in [0.15, 0.2) is 48.5 Å². The van der Waals surface area contributed by atoms with E-state index in [0.29, 0.717) is 50.2 Å². The van der Waals surface area contributed by atoms with E-state index >= 15 is 0 Å². The lowest BCUT2D eigenvalue weighted by Gasteiger charge is -2.48. The Labute approximate surface area is 269 Å². The molecule has 2 fully saturated rings. The SMILES string of the molecule is CC(C)NC(=O)C1(C2CCC(F)(F)CC2)CCN(C(=O)[C@@H](Cc2ccc(Cl)cc2)NC(=O)CC2NCCc3ccccc32)CC1. The summed E-state index contributed by atoms with van der Waals surface area (Å²) in [6.45, 7) is 5.21. The summed E-state index contributed by atoms with van der Waals surface area (Å²) in [5.74, 6) is -3.38. The standard InChI is InChI=1S/C35H45ClF2N4O3/c1-23(2)40-33(45)34(26-11-14-35(37,38)15-12-26)16-19-42(20-17-34)32(44)30(21-24-7-9-27(36)10-8-24)41-31(43)22-29-28-6-4-3-5-25(28)13-18-39-29/h3-10,23,26,29-30,39H,11-22H2,1-2H3,(H,40,45)(H,41,43)/t29?,30-/m1/s1. The number of nitrogens with one attached hydrogen (secondary N) is 3. The Hall–Kier alpha value is -3.04. The van der Waals surface area contributed by atoms with Gasteiger partial charge in [0.2, 0.25) is 23.6 Å². The minimum atomic E-state index is -2.69. The first-order valence-corrected chi connectivity index (χ1v) is 16.7. The summed E-state index contributed by atoms with van der Waals surface area (Å²) in [6.07, 6.45) is 2.35. The average molecular weight is 643 g/mol. The Morgan fingerprint density at radius 3 is 2.31 bits per heavy atom. The second-order valence-corrected chi connectivity index (χ2v) is 13.8. The molecule has 7 nitrogen and oxygen atoms in total. The van der Waals surface area contributed by atoms with Crippen LogP contribution in [0.3, 0.4) is 0 Å². The van der Waals surface area contributed by atoms with Crippen LogP contribution in [-0.4, -0.2) is 60.3 Å². The lowest BCUT2D eigenvalue weighted by Crippen LogP contribution is -2.58. The number of carbonyl (C=O) groups is 3. The molecule has 3 aliphatic rings. The highest BCUT2D eigenvalue weighted by molar-refractivity contribution is 6.30. The highest BCUT2D eigenvalue weighted by Gasteiger charge is 2.51. The molecule has 1 saturated heterocycles. The number of nitrogens with zero attached hydrogens (tertiary/aromatic N) is 1. The number of halogens is 3. The first kappa shape index (κ1) is 33.3. The number of benzene rings is 2. The van der Waals surface area contributed by atoms with Crippen molar-refractivity contribution >= 4 is 29.3 Å². The van der Waals surface area contributed by atoms with Crippen molar-refractivity contribution in [2.24, 2.45) is 11.3 Å². The first-order valence-electron chi connectivity index (χ1n) is 16.3. The monoisotopic (exact) mass is 642 g/mol. The van der Waals surface area contributed by atoms with E-state index in [9.17, 15) is 23.2 Å². The lowest BCUT2D eigenvalue weighted by atomic mass is 9.62. The molecule has 0 bridgehead atoms. The summed E-state index contributed by atoms with van der Waals surface area (Å²) >= 11 is 6.10. The summed E-state index contributed by atoms with van der Waals surface area (Å²) in [4.78, 5) is 42.9. The maximum atomic E-state index is 14.1. The molecule has 0 aromatic heterocycles. The fourth-order valence-electron chi connectivity index (χ4n) is 7.44. The molecule has 2 aromatic carbocycles. The number of piperidine rings is 1. The summed E-state index contributed by atoms with van der Waals surface area (Å²) in [5.41, 5.74) is 2.40. The number of alkyl halides is 2. The van der Waals surface area contributed by atoms with Crippen LogP contribution in [0.5, 0.6) is 0 Å². The number of rotatable bonds is 9. The van der Waals surface area contributed by atoms with E-state index in [-0.39, 0.29) is 55.0 Å². The Bertz CT molecular complexity index is 1350. The van der Waals surface area contributed by atoms with E-state index in [0.717, 1.165) is 24.1 Å². The zero-order chi connectivity index (χ0) is 32.2. The van der Waals surface area contributed by atoms with E-state index in [1.54, 1.807) is 17.0 Å². The molecule has 10 heteroatoms. The van der Waals surface area contributed by atoms with Crippen molar-refractivity contribution in [3.05, 3.63) is 70.2 Å². The number of hydrogen-bond donors (Lipinski definition) is 3. The van der Waals surface area contributed by atoms with Crippen molar-refractivity contribution in [3.63, 3.8) is 0 Å². The van der Waals surface area contributed by atoms with Gasteiger partial charge in [-0.2, -0.15) is 0 Å². The molecule has 2 heterocycles. The van der Waals surface area contributed by atoms with Gasteiger partial charge in [0.05, 0.1) is 5.41 Å². The van der Waals surface area contributed by atoms with Crippen LogP contribution in [0, 0.1) is 11.3 Å². The minimum Gasteiger partial charge on any atom is -0.353 e. The van der Waals surface area contributed by atoms with Gasteiger partial charge in [-0.05, 0) is 87.2 Å². The molecule has 2 atom stereocenters. The average Bonchev–Trinajstić information content (AvgIpc) is 3.01. The Morgan fingerprint density at radius 1 is 0.978 bits per heavy atom. The number of carbonyl (C=O) groups excluding carboxylic acids is 3. The lowest BCUT2D eigenvalue weighted by molar-refractivity contribution is -0.149. The summed E-state index contributed by atoms with van der Waals surface area (Å²) in [5, 5.41) is 10.1. The molecule has 3 N–H and O–H groups in total. The molecular weight excluding hydrogens is 598 g/mol. The topological polar surface area (TPSA) is 90.5 Å². The fourth-order valence-corrected chi connectivity index (χ4v) is 7.56. The second-order valence-electron chi connectivity index (χ2n) is 13.4. The second kappa shape index (κ2) is 14.2. The van der Waals surface area contributed by atoms with E-state index < -0.39 is 17.4 Å². The highest BCUT2D eigenvalue weighted by atomic mass is 35.5. The fraction of sp³-hybridized carbons (Fsp3) is 0.571. The number of fused-ring (bicyclic) bond motifs is 1. The molecule has 5 rings (SSSR count). The van der Waals surface area contributed by atoms with Crippen molar-refractivity contribution in [1.29, 1.82) is 0 Å². The molecule has 2 aromatic rings. The highest BCUT2D eigenvalue weighted by Crippen LogP contribution is 2.49. The molecule has 1 aliphatic carbocycles. The van der Waals surface area contributed by atoms with Gasteiger partial charge in [-0.15, -0.1) is 0 Å². The van der Waals surface area contributed by atoms with Crippen LogP contribution in [0.4, 0.5) is 8.78 Å². The van der Waals surface area contributed by atoms with Gasteiger partial charge >= 0.3 is 0 Å². The van der Waals surface area contributed by atoms with Gasteiger partial charge in [-0.1, -0.05) is 48.0 Å². The molecule has 0 spiro atoms. The molecule has 1 saturated carbocycles. The van der Waals surface area contributed by atoms with E-state index in [1.165, 1.54) is 5.56 Å². The molecule has 244 valence electrons. The van der Waals surface area contributed by atoms with E-state index in [1.807, 2.05) is 44.2 Å². The Kier molecular flexibility index (Phi) is 10.5. The molecule has 3 amide bonds. The predicted octanol–water partition coefficient (Wildman–Crippen LogP) is 5.60. The van der Waals surface area contributed by atoms with Crippen LogP contribution in [0.1, 0.15) is 81.5 Å².